The van der Waals surface area contributed by atoms with Crippen LogP contribution in [-0.2, 0) is 20.9 Å². The minimum atomic E-state index is -1.26. The van der Waals surface area contributed by atoms with Crippen molar-refractivity contribution in [2.24, 2.45) is 5.92 Å². The molecule has 4 aliphatic heterocycles. The lowest BCUT2D eigenvalue weighted by atomic mass is 9.84. The summed E-state index contributed by atoms with van der Waals surface area (Å²) in [6.45, 7) is 4.69. The lowest BCUT2D eigenvalue weighted by Crippen LogP contribution is -2.57. The van der Waals surface area contributed by atoms with Gasteiger partial charge in [0, 0.05) is 30.3 Å². The van der Waals surface area contributed by atoms with Crippen LogP contribution in [0.4, 0.5) is 0 Å². The van der Waals surface area contributed by atoms with Crippen LogP contribution in [0.5, 0.6) is 11.5 Å². The molecule has 2 atom stereocenters. The summed E-state index contributed by atoms with van der Waals surface area (Å²) in [4.78, 5) is 34.4. The zero-order chi connectivity index (χ0) is 26.9. The maximum Gasteiger partial charge on any atom is 0.328 e. The molecule has 2 bridgehead atoms. The van der Waals surface area contributed by atoms with E-state index >= 15 is 0 Å². The standard InChI is InChI=1S/C24H28N2O4.C4H4O4/c27-24(25-21-13-26-10-8-18(21)9-11-26)19-6-7-22-23(12-19)30-20(16-29-22)15-28-14-17-4-2-1-3-5-17;5-3(6)1-2-4(7)8/h1-7,12,18,20-21H,8-11,13-16H2,(H,25,27);1-2H,(H,5,6)(H,7,8)/b;2-1+/t20-,21-;/m0./s1. The number of carboxylic acid groups (broad SMARTS) is 2. The number of piperidine rings is 3. The molecule has 3 N–H and O–H groups in total. The first-order chi connectivity index (χ1) is 18.4. The van der Waals surface area contributed by atoms with Gasteiger partial charge in [0.1, 0.15) is 6.61 Å². The van der Waals surface area contributed by atoms with E-state index < -0.39 is 11.9 Å². The van der Waals surface area contributed by atoms with Gasteiger partial charge in [0.25, 0.3) is 5.91 Å². The van der Waals surface area contributed by atoms with E-state index in [1.54, 1.807) is 6.07 Å². The molecule has 0 radical (unpaired) electrons. The van der Waals surface area contributed by atoms with E-state index in [9.17, 15) is 14.4 Å². The molecule has 4 aliphatic rings. The van der Waals surface area contributed by atoms with Gasteiger partial charge in [-0.05, 0) is 55.6 Å². The minimum Gasteiger partial charge on any atom is -0.486 e. The van der Waals surface area contributed by atoms with Crippen molar-refractivity contribution in [3.05, 3.63) is 71.8 Å². The third kappa shape index (κ3) is 7.80. The summed E-state index contributed by atoms with van der Waals surface area (Å²) in [5, 5.41) is 18.9. The number of nitrogens with one attached hydrogen (secondary N) is 1. The molecule has 38 heavy (non-hydrogen) atoms. The number of ether oxygens (including phenoxy) is 3. The Morgan fingerprint density at radius 3 is 2.34 bits per heavy atom. The Labute approximate surface area is 220 Å². The Kier molecular flexibility index (Phi) is 9.34. The zero-order valence-electron chi connectivity index (χ0n) is 21.0. The first-order valence-electron chi connectivity index (χ1n) is 12.6. The third-order valence-corrected chi connectivity index (χ3v) is 6.68. The van der Waals surface area contributed by atoms with E-state index in [1.165, 1.54) is 12.8 Å². The average Bonchev–Trinajstić information content (AvgIpc) is 2.93. The quantitative estimate of drug-likeness (QED) is 0.445. The van der Waals surface area contributed by atoms with Gasteiger partial charge in [-0.2, -0.15) is 0 Å². The van der Waals surface area contributed by atoms with Crippen LogP contribution in [0.25, 0.3) is 0 Å². The Hall–Kier alpha value is -3.89. The van der Waals surface area contributed by atoms with Crippen molar-refractivity contribution in [2.45, 2.75) is 31.6 Å². The van der Waals surface area contributed by atoms with Crippen LogP contribution in [0.2, 0.25) is 0 Å². The van der Waals surface area contributed by atoms with Crippen LogP contribution in [0.3, 0.4) is 0 Å². The fourth-order valence-electron chi connectivity index (χ4n) is 4.74. The molecular weight excluding hydrogens is 492 g/mol. The summed E-state index contributed by atoms with van der Waals surface area (Å²) < 4.78 is 17.7. The number of rotatable bonds is 8. The smallest absolute Gasteiger partial charge is 0.328 e. The fraction of sp³-hybridized carbons (Fsp3) is 0.393. The van der Waals surface area contributed by atoms with Gasteiger partial charge >= 0.3 is 11.9 Å². The number of carboxylic acids is 2. The number of carbonyl (C=O) groups is 3. The summed E-state index contributed by atoms with van der Waals surface area (Å²) in [5.41, 5.74) is 1.74. The predicted molar refractivity (Wildman–Crippen MR) is 137 cm³/mol. The largest absolute Gasteiger partial charge is 0.486 e. The van der Waals surface area contributed by atoms with Crippen LogP contribution in [0.15, 0.2) is 60.7 Å². The second-order valence-corrected chi connectivity index (χ2v) is 9.44. The van der Waals surface area contributed by atoms with Gasteiger partial charge in [-0.25, -0.2) is 9.59 Å². The summed E-state index contributed by atoms with van der Waals surface area (Å²) in [6.07, 6.45) is 3.28. The number of fused-ring (bicyclic) bond motifs is 4. The molecule has 202 valence electrons. The molecular formula is C28H32N2O8. The molecule has 2 aromatic carbocycles. The van der Waals surface area contributed by atoms with E-state index in [0.717, 1.165) is 25.2 Å². The highest BCUT2D eigenvalue weighted by molar-refractivity contribution is 5.95. The maximum atomic E-state index is 12.8. The highest BCUT2D eigenvalue weighted by Gasteiger charge is 2.35. The van der Waals surface area contributed by atoms with Gasteiger partial charge in [-0.1, -0.05) is 30.3 Å². The van der Waals surface area contributed by atoms with E-state index in [2.05, 4.69) is 10.2 Å². The van der Waals surface area contributed by atoms with E-state index in [1.807, 2.05) is 42.5 Å². The van der Waals surface area contributed by atoms with Crippen LogP contribution in [0, 0.1) is 5.92 Å². The Morgan fingerprint density at radius 2 is 1.71 bits per heavy atom. The number of nitrogens with zero attached hydrogens (tertiary/aromatic N) is 1. The van der Waals surface area contributed by atoms with Crippen molar-refractivity contribution >= 4 is 17.8 Å². The molecule has 0 aliphatic carbocycles. The Morgan fingerprint density at radius 1 is 1.00 bits per heavy atom. The van der Waals surface area contributed by atoms with Crippen LogP contribution in [-0.4, -0.2) is 78.0 Å². The number of benzene rings is 2. The van der Waals surface area contributed by atoms with Gasteiger partial charge in [-0.3, -0.25) is 4.79 Å². The average molecular weight is 525 g/mol. The number of amides is 1. The summed E-state index contributed by atoms with van der Waals surface area (Å²) in [7, 11) is 0. The maximum absolute atomic E-state index is 12.8. The lowest BCUT2D eigenvalue weighted by molar-refractivity contribution is -0.134. The molecule has 0 aromatic heterocycles. The number of carbonyl (C=O) groups excluding carboxylic acids is 1. The molecule has 10 heteroatoms. The molecule has 0 unspecified atom stereocenters. The van der Waals surface area contributed by atoms with Crippen molar-refractivity contribution < 1.29 is 38.8 Å². The van der Waals surface area contributed by atoms with Crippen molar-refractivity contribution in [1.82, 2.24) is 10.2 Å². The monoisotopic (exact) mass is 524 g/mol. The molecule has 0 saturated carbocycles. The first-order valence-corrected chi connectivity index (χ1v) is 12.6. The number of hydrogen-bond acceptors (Lipinski definition) is 7. The second kappa shape index (κ2) is 13.1. The molecule has 6 rings (SSSR count). The SMILES string of the molecule is O=C(N[C@H]1CN2CCC1CC2)c1ccc2c(c1)O[C@@H](COCc1ccccc1)CO2.O=C(O)/C=C/C(=O)O. The van der Waals surface area contributed by atoms with Gasteiger partial charge in [0.15, 0.2) is 17.6 Å². The molecule has 4 heterocycles. The molecule has 10 nitrogen and oxygen atoms in total. The van der Waals surface area contributed by atoms with Crippen molar-refractivity contribution in [3.63, 3.8) is 0 Å². The molecule has 0 spiro atoms. The number of hydrogen-bond donors (Lipinski definition) is 3. The zero-order valence-corrected chi connectivity index (χ0v) is 21.0. The molecule has 2 aromatic rings. The fourth-order valence-corrected chi connectivity index (χ4v) is 4.74. The van der Waals surface area contributed by atoms with Gasteiger partial charge in [0.05, 0.1) is 13.2 Å². The van der Waals surface area contributed by atoms with E-state index in [0.29, 0.717) is 55.0 Å². The Balaban J connectivity index is 0.000000368. The van der Waals surface area contributed by atoms with Crippen molar-refractivity contribution in [3.8, 4) is 11.5 Å². The molecule has 1 amide bonds. The number of aliphatic carboxylic acids is 2. The van der Waals surface area contributed by atoms with E-state index in [4.69, 9.17) is 24.4 Å². The van der Waals surface area contributed by atoms with Gasteiger partial charge in [-0.15, -0.1) is 0 Å². The highest BCUT2D eigenvalue weighted by Crippen LogP contribution is 2.33. The van der Waals surface area contributed by atoms with Gasteiger partial charge in [0.2, 0.25) is 0 Å². The van der Waals surface area contributed by atoms with Crippen LogP contribution < -0.4 is 14.8 Å². The minimum absolute atomic E-state index is 0.0393. The van der Waals surface area contributed by atoms with Crippen LogP contribution >= 0.6 is 0 Å². The second-order valence-electron chi connectivity index (χ2n) is 9.44. The lowest BCUT2D eigenvalue weighted by Gasteiger charge is -2.44. The van der Waals surface area contributed by atoms with E-state index in [-0.39, 0.29) is 18.1 Å². The van der Waals surface area contributed by atoms with Crippen molar-refractivity contribution in [1.29, 1.82) is 0 Å². The topological polar surface area (TPSA) is 135 Å². The van der Waals surface area contributed by atoms with Gasteiger partial charge < -0.3 is 34.6 Å². The first kappa shape index (κ1) is 27.2. The van der Waals surface area contributed by atoms with Crippen molar-refractivity contribution in [2.75, 3.05) is 32.8 Å². The predicted octanol–water partition coefficient (Wildman–Crippen LogP) is 2.58. The summed E-state index contributed by atoms with van der Waals surface area (Å²) in [5.74, 6) is -0.672. The highest BCUT2D eigenvalue weighted by atomic mass is 16.6. The Bertz CT molecular complexity index is 1130. The third-order valence-electron chi connectivity index (χ3n) is 6.68. The molecule has 3 saturated heterocycles. The summed E-state index contributed by atoms with van der Waals surface area (Å²) in [6, 6.07) is 15.7. The van der Waals surface area contributed by atoms with Crippen LogP contribution in [0.1, 0.15) is 28.8 Å². The molecule has 3 fully saturated rings. The normalized spacial score (nSPS) is 23.3. The summed E-state index contributed by atoms with van der Waals surface area (Å²) >= 11 is 0.